The number of hydrogen-bond acceptors (Lipinski definition) is 8. The van der Waals surface area contributed by atoms with Crippen molar-refractivity contribution < 1.29 is 4.42 Å². The maximum Gasteiger partial charge on any atom is 0.297 e. The molecule has 12 aromatic carbocycles. The Hall–Kier alpha value is -10.5. The van der Waals surface area contributed by atoms with Crippen molar-refractivity contribution in [3.63, 3.8) is 0 Å². The molecule has 0 bridgehead atoms. The molecule has 400 valence electrons. The van der Waals surface area contributed by atoms with Crippen LogP contribution in [0.15, 0.2) is 290 Å². The summed E-state index contributed by atoms with van der Waals surface area (Å²) in [6.07, 6.45) is 0. The first-order valence-corrected chi connectivity index (χ1v) is 31.0. The third-order valence-electron chi connectivity index (χ3n) is 18.1. The van der Waals surface area contributed by atoms with E-state index in [1.807, 2.05) is 22.7 Å². The van der Waals surface area contributed by atoms with Crippen molar-refractivity contribution in [2.75, 3.05) is 24.5 Å². The minimum absolute atomic E-state index is 0.0948. The molecule has 0 saturated heterocycles. The zero-order chi connectivity index (χ0) is 56.1. The van der Waals surface area contributed by atoms with E-state index in [0.717, 1.165) is 84.9 Å². The molecule has 4 aliphatic heterocycles. The van der Waals surface area contributed by atoms with E-state index >= 15 is 0 Å². The topological polar surface area (TPSA) is 29.3 Å². The summed E-state index contributed by atoms with van der Waals surface area (Å²) < 4.78 is 11.0. The van der Waals surface area contributed by atoms with Gasteiger partial charge in [0.05, 0.1) is 22.0 Å². The van der Waals surface area contributed by atoms with Gasteiger partial charge in [-0.2, -0.15) is 0 Å². The van der Waals surface area contributed by atoms with E-state index in [1.54, 1.807) is 0 Å². The number of rotatable bonds is 7. The highest BCUT2D eigenvalue weighted by Crippen LogP contribution is 2.53. The van der Waals surface area contributed by atoms with Gasteiger partial charge in [0.15, 0.2) is 0 Å². The number of thiophene rings is 2. The number of fused-ring (bicyclic) bond motifs is 15. The second-order valence-electron chi connectivity index (χ2n) is 22.7. The summed E-state index contributed by atoms with van der Waals surface area (Å²) in [7, 11) is 0. The highest BCUT2D eigenvalue weighted by molar-refractivity contribution is 7.27. The van der Waals surface area contributed by atoms with Gasteiger partial charge in [-0.15, -0.1) is 22.7 Å². The summed E-state index contributed by atoms with van der Waals surface area (Å²) in [5.41, 5.74) is 24.0. The monoisotopic (exact) mass is 1130 g/mol. The van der Waals surface area contributed by atoms with Gasteiger partial charge in [0.2, 0.25) is 0 Å². The van der Waals surface area contributed by atoms with Crippen LogP contribution in [0.4, 0.5) is 84.6 Å². The maximum absolute atomic E-state index is 7.25. The van der Waals surface area contributed by atoms with E-state index in [4.69, 9.17) is 4.42 Å². The molecule has 3 aromatic heterocycles. The molecule has 19 rings (SSSR count). The number of hydrogen-bond donors (Lipinski definition) is 0. The molecule has 0 saturated carbocycles. The highest BCUT2D eigenvalue weighted by Gasteiger charge is 2.49. The van der Waals surface area contributed by atoms with Crippen LogP contribution in [0.1, 0.15) is 0 Å². The number of nitrogens with zero attached hydrogens (tertiary/aromatic N) is 5. The third-order valence-corrected chi connectivity index (χ3v) is 20.4. The molecule has 0 amide bonds. The van der Waals surface area contributed by atoms with Gasteiger partial charge >= 0.3 is 0 Å². The lowest BCUT2D eigenvalue weighted by atomic mass is 9.33. The van der Waals surface area contributed by atoms with Crippen molar-refractivity contribution in [3.8, 4) is 0 Å². The summed E-state index contributed by atoms with van der Waals surface area (Å²) in [6.45, 7) is -0.272. The summed E-state index contributed by atoms with van der Waals surface area (Å²) >= 11 is 3.81. The first-order chi connectivity index (χ1) is 42.7. The average molecular weight is 1130 g/mol. The Morgan fingerprint density at radius 1 is 0.302 bits per heavy atom. The SMILES string of the molecule is c1ccc(N(c2ccccc2)c2cc3c4c(c2)N(c2ccccc2)c2sc5ccccc5c2B4c2cc4sc5cc6c(cc5c4cc2N3c2ccccc2)N(c2ccccc2)c2cccc3c2B6c2oc4ccccc4c2N3c2ccccc2)cc1. The minimum atomic E-state index is -0.177. The van der Waals surface area contributed by atoms with Gasteiger partial charge < -0.3 is 28.9 Å². The molecule has 86 heavy (non-hydrogen) atoms. The standard InChI is InChI=1S/C76H47B2N5OS2/c1-7-24-48(25-8-1)79(49-26-9-2-10-27-49)54-42-65-73-66(43-54)83(53-34-17-6-18-35-53)76-71(56-37-20-22-41-68(56)86-76)77(73)59-46-69-57(44-63(59)81(65)51-30-13-4-14-31-51)58-45-64-60(47-70(58)85-69)78-72-61(80(64)50-28-11-3-12-29-50)38-23-39-62(72)82(52-32-15-5-16-33-52)74-55-36-19-21-40-67(55)84-75(74)78/h1-47H. The molecule has 0 radical (unpaired) electrons. The number of anilines is 15. The Balaban J connectivity index is 0.904. The molecule has 0 atom stereocenters. The van der Waals surface area contributed by atoms with Crippen LogP contribution in [0, 0.1) is 0 Å². The number of furan rings is 1. The van der Waals surface area contributed by atoms with Gasteiger partial charge in [0, 0.05) is 98.5 Å². The Labute approximate surface area is 505 Å². The summed E-state index contributed by atoms with van der Waals surface area (Å²) in [5, 5.41) is 6.10. The van der Waals surface area contributed by atoms with Gasteiger partial charge in [-0.1, -0.05) is 146 Å². The maximum atomic E-state index is 7.25. The zero-order valence-corrected chi connectivity index (χ0v) is 47.9. The molecule has 10 heteroatoms. The largest absolute Gasteiger partial charge is 0.468 e. The van der Waals surface area contributed by atoms with Crippen LogP contribution in [0.5, 0.6) is 0 Å². The van der Waals surface area contributed by atoms with Crippen molar-refractivity contribution in [1.82, 2.24) is 0 Å². The Bertz CT molecular complexity index is 5190. The summed E-state index contributed by atoms with van der Waals surface area (Å²) in [4.78, 5) is 12.5. The quantitative estimate of drug-likeness (QED) is 0.148. The van der Waals surface area contributed by atoms with Crippen molar-refractivity contribution >= 4 is 195 Å². The smallest absolute Gasteiger partial charge is 0.297 e. The van der Waals surface area contributed by atoms with Gasteiger partial charge in [0.1, 0.15) is 5.58 Å². The normalized spacial score (nSPS) is 13.4. The van der Waals surface area contributed by atoms with E-state index in [1.165, 1.54) is 73.9 Å². The van der Waals surface area contributed by atoms with E-state index in [-0.39, 0.29) is 13.4 Å². The van der Waals surface area contributed by atoms with E-state index in [2.05, 4.69) is 310 Å². The average Bonchev–Trinajstić information content (AvgIpc) is 1.45. The lowest BCUT2D eigenvalue weighted by molar-refractivity contribution is 0.651. The summed E-state index contributed by atoms with van der Waals surface area (Å²) in [6, 6.07) is 105. The van der Waals surface area contributed by atoms with E-state index < -0.39 is 0 Å². The Kier molecular flexibility index (Phi) is 10.3. The van der Waals surface area contributed by atoms with Crippen molar-refractivity contribution in [1.29, 1.82) is 0 Å². The minimum Gasteiger partial charge on any atom is -0.468 e. The van der Waals surface area contributed by atoms with Crippen LogP contribution in [0.25, 0.3) is 41.2 Å². The van der Waals surface area contributed by atoms with E-state index in [9.17, 15) is 0 Å². The second kappa shape index (κ2) is 18.5. The molecule has 6 nitrogen and oxygen atoms in total. The second-order valence-corrected chi connectivity index (χ2v) is 24.8. The fourth-order valence-corrected chi connectivity index (χ4v) is 17.1. The third kappa shape index (κ3) is 6.85. The predicted molar refractivity (Wildman–Crippen MR) is 367 cm³/mol. The molecule has 7 heterocycles. The molecule has 4 aliphatic rings. The van der Waals surface area contributed by atoms with Gasteiger partial charge in [-0.25, -0.2) is 0 Å². The van der Waals surface area contributed by atoms with Crippen LogP contribution in [0.3, 0.4) is 0 Å². The zero-order valence-electron chi connectivity index (χ0n) is 46.3. The molecule has 15 aromatic rings. The molecule has 0 spiro atoms. The molecule has 0 aliphatic carbocycles. The van der Waals surface area contributed by atoms with Crippen molar-refractivity contribution in [2.45, 2.75) is 0 Å². The van der Waals surface area contributed by atoms with Gasteiger partial charge in [0.25, 0.3) is 13.4 Å². The molecule has 0 fully saturated rings. The van der Waals surface area contributed by atoms with Gasteiger partial charge in [-0.05, 0) is 172 Å². The first-order valence-electron chi connectivity index (χ1n) is 29.4. The van der Waals surface area contributed by atoms with Crippen LogP contribution >= 0.6 is 22.7 Å². The fraction of sp³-hybridized carbons (Fsp3) is 0. The molecular formula is C76H47B2N5OS2. The molecule has 0 N–H and O–H groups in total. The van der Waals surface area contributed by atoms with Crippen LogP contribution in [-0.4, -0.2) is 13.4 Å². The van der Waals surface area contributed by atoms with Gasteiger partial charge in [-0.3, -0.25) is 0 Å². The Morgan fingerprint density at radius 3 is 1.35 bits per heavy atom. The van der Waals surface area contributed by atoms with Crippen molar-refractivity contribution in [2.24, 2.45) is 0 Å². The fourth-order valence-electron chi connectivity index (χ4n) is 14.7. The van der Waals surface area contributed by atoms with E-state index in [0.29, 0.717) is 0 Å². The lowest BCUT2D eigenvalue weighted by Gasteiger charge is -2.44. The van der Waals surface area contributed by atoms with Crippen molar-refractivity contribution in [3.05, 3.63) is 285 Å². The lowest BCUT2D eigenvalue weighted by Crippen LogP contribution is -2.61. The highest BCUT2D eigenvalue weighted by atomic mass is 32.1. The Morgan fingerprint density at radius 2 is 0.756 bits per heavy atom. The predicted octanol–water partition coefficient (Wildman–Crippen LogP) is 17.7. The molecule has 0 unspecified atom stereocenters. The number of para-hydroxylation sites is 7. The molecular weight excluding hydrogens is 1080 g/mol. The number of benzene rings is 12. The first kappa shape index (κ1) is 47.9. The van der Waals surface area contributed by atoms with Crippen LogP contribution in [0.2, 0.25) is 0 Å². The van der Waals surface area contributed by atoms with Crippen LogP contribution in [-0.2, 0) is 0 Å². The summed E-state index contributed by atoms with van der Waals surface area (Å²) in [5.74, 6) is 0. The van der Waals surface area contributed by atoms with Crippen LogP contribution < -0.4 is 57.5 Å².